The number of ether oxygens (including phenoxy) is 2. The summed E-state index contributed by atoms with van der Waals surface area (Å²) >= 11 is 0. The Balaban J connectivity index is 2.86. The summed E-state index contributed by atoms with van der Waals surface area (Å²) in [6, 6.07) is 1.73. The van der Waals surface area contributed by atoms with Crippen LogP contribution in [-0.2, 0) is 9.53 Å². The SMILES string of the molecule is CCOC(=O)C(F)(F)Oc1ccc(F)cc1F. The van der Waals surface area contributed by atoms with E-state index in [0.29, 0.717) is 12.1 Å². The number of esters is 1. The highest BCUT2D eigenvalue weighted by molar-refractivity contribution is 5.76. The van der Waals surface area contributed by atoms with Gasteiger partial charge in [0.25, 0.3) is 0 Å². The largest absolute Gasteiger partial charge is 0.502 e. The molecule has 0 saturated carbocycles. The Morgan fingerprint density at radius 2 is 2.00 bits per heavy atom. The molecule has 0 amide bonds. The van der Waals surface area contributed by atoms with Crippen LogP contribution >= 0.6 is 0 Å². The zero-order valence-electron chi connectivity index (χ0n) is 8.68. The number of alkyl halides is 2. The second-order valence-corrected chi connectivity index (χ2v) is 2.91. The molecule has 0 fully saturated rings. The first-order valence-electron chi connectivity index (χ1n) is 4.56. The van der Waals surface area contributed by atoms with Gasteiger partial charge < -0.3 is 9.47 Å². The van der Waals surface area contributed by atoms with E-state index in [1.807, 2.05) is 0 Å². The van der Waals surface area contributed by atoms with Gasteiger partial charge in [-0.1, -0.05) is 0 Å². The maximum atomic E-state index is 13.0. The number of rotatable bonds is 4. The van der Waals surface area contributed by atoms with Crippen LogP contribution in [-0.4, -0.2) is 18.7 Å². The molecule has 1 aromatic rings. The maximum absolute atomic E-state index is 13.0. The van der Waals surface area contributed by atoms with Crippen molar-refractivity contribution in [3.05, 3.63) is 29.8 Å². The lowest BCUT2D eigenvalue weighted by Crippen LogP contribution is -2.37. The number of benzene rings is 1. The number of hydrogen-bond donors (Lipinski definition) is 0. The molecule has 1 rings (SSSR count). The molecular formula is C10H8F4O3. The third-order valence-electron chi connectivity index (χ3n) is 1.65. The van der Waals surface area contributed by atoms with E-state index in [2.05, 4.69) is 9.47 Å². The normalized spacial score (nSPS) is 11.1. The molecule has 0 atom stereocenters. The van der Waals surface area contributed by atoms with Crippen LogP contribution in [0, 0.1) is 11.6 Å². The summed E-state index contributed by atoms with van der Waals surface area (Å²) in [6.45, 7) is 1.05. The van der Waals surface area contributed by atoms with Gasteiger partial charge in [-0.25, -0.2) is 13.6 Å². The number of carbonyl (C=O) groups excluding carboxylic acids is 1. The van der Waals surface area contributed by atoms with Gasteiger partial charge in [0.05, 0.1) is 6.61 Å². The minimum atomic E-state index is -4.32. The van der Waals surface area contributed by atoms with E-state index in [4.69, 9.17) is 0 Å². The van der Waals surface area contributed by atoms with Gasteiger partial charge in [0, 0.05) is 6.07 Å². The van der Waals surface area contributed by atoms with Crippen molar-refractivity contribution in [3.8, 4) is 5.75 Å². The van der Waals surface area contributed by atoms with Gasteiger partial charge in [0.15, 0.2) is 11.6 Å². The molecule has 0 aliphatic carbocycles. The lowest BCUT2D eigenvalue weighted by atomic mass is 10.3. The number of hydrogen-bond acceptors (Lipinski definition) is 3. The monoisotopic (exact) mass is 252 g/mol. The Bertz CT molecular complexity index is 420. The predicted molar refractivity (Wildman–Crippen MR) is 48.6 cm³/mol. The van der Waals surface area contributed by atoms with Crippen LogP contribution in [0.1, 0.15) is 6.92 Å². The molecule has 1 aromatic carbocycles. The summed E-state index contributed by atoms with van der Waals surface area (Å²) in [5.74, 6) is -5.17. The van der Waals surface area contributed by atoms with Crippen LogP contribution in [0.4, 0.5) is 17.6 Å². The first-order valence-corrected chi connectivity index (χ1v) is 4.56. The highest BCUT2D eigenvalue weighted by Gasteiger charge is 2.44. The van der Waals surface area contributed by atoms with Crippen LogP contribution in [0.25, 0.3) is 0 Å². The summed E-state index contributed by atoms with van der Waals surface area (Å²) in [5, 5.41) is 0. The van der Waals surface area contributed by atoms with Crippen molar-refractivity contribution in [3.63, 3.8) is 0 Å². The topological polar surface area (TPSA) is 35.5 Å². The Morgan fingerprint density at radius 3 is 2.53 bits per heavy atom. The first-order chi connectivity index (χ1) is 7.86. The van der Waals surface area contributed by atoms with Gasteiger partial charge >= 0.3 is 12.1 Å². The zero-order chi connectivity index (χ0) is 13.1. The lowest BCUT2D eigenvalue weighted by Gasteiger charge is -2.16. The van der Waals surface area contributed by atoms with Crippen molar-refractivity contribution in [1.82, 2.24) is 0 Å². The van der Waals surface area contributed by atoms with E-state index < -0.39 is 29.5 Å². The number of halogens is 4. The van der Waals surface area contributed by atoms with Gasteiger partial charge in [-0.05, 0) is 19.1 Å². The van der Waals surface area contributed by atoms with Gasteiger partial charge in [-0.15, -0.1) is 0 Å². The summed E-state index contributed by atoms with van der Waals surface area (Å²) in [7, 11) is 0. The summed E-state index contributed by atoms with van der Waals surface area (Å²) in [4.78, 5) is 10.8. The third-order valence-corrected chi connectivity index (χ3v) is 1.65. The first kappa shape index (κ1) is 13.3. The van der Waals surface area contributed by atoms with Crippen molar-refractivity contribution in [1.29, 1.82) is 0 Å². The van der Waals surface area contributed by atoms with Gasteiger partial charge in [0.2, 0.25) is 0 Å². The van der Waals surface area contributed by atoms with Crippen molar-refractivity contribution < 1.29 is 31.8 Å². The molecule has 17 heavy (non-hydrogen) atoms. The molecular weight excluding hydrogens is 244 g/mol. The molecule has 94 valence electrons. The number of carbonyl (C=O) groups is 1. The molecule has 0 aliphatic heterocycles. The van der Waals surface area contributed by atoms with E-state index in [1.165, 1.54) is 6.92 Å². The highest BCUT2D eigenvalue weighted by Crippen LogP contribution is 2.25. The van der Waals surface area contributed by atoms with E-state index in [-0.39, 0.29) is 6.61 Å². The summed E-state index contributed by atoms with van der Waals surface area (Å²) in [5.41, 5.74) is 0. The quantitative estimate of drug-likeness (QED) is 0.610. The minimum Gasteiger partial charge on any atom is -0.459 e. The molecule has 3 nitrogen and oxygen atoms in total. The standard InChI is InChI=1S/C10H8F4O3/c1-2-16-9(15)10(13,14)17-8-4-3-6(11)5-7(8)12/h3-5H,2H2,1H3. The summed E-state index contributed by atoms with van der Waals surface area (Å²) < 4.78 is 59.4. The Kier molecular flexibility index (Phi) is 3.93. The van der Waals surface area contributed by atoms with Crippen LogP contribution in [0.3, 0.4) is 0 Å². The smallest absolute Gasteiger partial charge is 0.459 e. The van der Waals surface area contributed by atoms with Crippen LogP contribution in [0.5, 0.6) is 5.75 Å². The van der Waals surface area contributed by atoms with E-state index in [0.717, 1.165) is 6.07 Å². The summed E-state index contributed by atoms with van der Waals surface area (Å²) in [6.07, 6.45) is -4.32. The molecule has 0 N–H and O–H groups in total. The second-order valence-electron chi connectivity index (χ2n) is 2.91. The van der Waals surface area contributed by atoms with E-state index in [9.17, 15) is 22.4 Å². The Hall–Kier alpha value is -1.79. The second kappa shape index (κ2) is 5.03. The predicted octanol–water partition coefficient (Wildman–Crippen LogP) is 2.50. The van der Waals surface area contributed by atoms with Crippen molar-refractivity contribution in [2.45, 2.75) is 13.0 Å². The van der Waals surface area contributed by atoms with Gasteiger partial charge in [0.1, 0.15) is 5.82 Å². The molecule has 0 spiro atoms. The maximum Gasteiger partial charge on any atom is 0.502 e. The average Bonchev–Trinajstić information content (AvgIpc) is 2.22. The Labute approximate surface area is 93.9 Å². The molecule has 0 heterocycles. The van der Waals surface area contributed by atoms with E-state index in [1.54, 1.807) is 0 Å². The highest BCUT2D eigenvalue weighted by atomic mass is 19.3. The fraction of sp³-hybridized carbons (Fsp3) is 0.300. The molecule has 0 saturated heterocycles. The van der Waals surface area contributed by atoms with Crippen LogP contribution < -0.4 is 4.74 Å². The molecule has 0 bridgehead atoms. The van der Waals surface area contributed by atoms with Crippen LogP contribution in [0.15, 0.2) is 18.2 Å². The molecule has 0 unspecified atom stereocenters. The fourth-order valence-corrected chi connectivity index (χ4v) is 0.953. The molecule has 0 aliphatic rings. The van der Waals surface area contributed by atoms with Crippen molar-refractivity contribution >= 4 is 5.97 Å². The van der Waals surface area contributed by atoms with Crippen molar-refractivity contribution in [2.75, 3.05) is 6.61 Å². The lowest BCUT2D eigenvalue weighted by molar-refractivity contribution is -0.217. The minimum absolute atomic E-state index is 0.274. The fourth-order valence-electron chi connectivity index (χ4n) is 0.953. The molecule has 0 aromatic heterocycles. The molecule has 7 heteroatoms. The van der Waals surface area contributed by atoms with Gasteiger partial charge in [-0.2, -0.15) is 8.78 Å². The van der Waals surface area contributed by atoms with Crippen LogP contribution in [0.2, 0.25) is 0 Å². The third kappa shape index (κ3) is 3.33. The Morgan fingerprint density at radius 1 is 1.35 bits per heavy atom. The molecule has 0 radical (unpaired) electrons. The van der Waals surface area contributed by atoms with Crippen molar-refractivity contribution in [2.24, 2.45) is 0 Å². The average molecular weight is 252 g/mol. The zero-order valence-corrected chi connectivity index (χ0v) is 8.68. The van der Waals surface area contributed by atoms with Gasteiger partial charge in [-0.3, -0.25) is 0 Å². The van der Waals surface area contributed by atoms with E-state index >= 15 is 0 Å².